The Morgan fingerprint density at radius 1 is 1.11 bits per heavy atom. The summed E-state index contributed by atoms with van der Waals surface area (Å²) in [5.74, 6) is -10.3. The van der Waals surface area contributed by atoms with E-state index in [2.05, 4.69) is 13.5 Å². The minimum Gasteiger partial charge on any atom is -0.462 e. The van der Waals surface area contributed by atoms with Gasteiger partial charge in [0.25, 0.3) is 0 Å². The summed E-state index contributed by atoms with van der Waals surface area (Å²) in [4.78, 5) is 11.5. The molecular formula is C28H40F4O3. The molecule has 1 aromatic rings. The number of halogens is 4. The zero-order valence-corrected chi connectivity index (χ0v) is 21.0. The second-order valence-electron chi connectivity index (χ2n) is 10.1. The third-order valence-corrected chi connectivity index (χ3v) is 7.20. The molecule has 0 aromatic heterocycles. The zero-order chi connectivity index (χ0) is 26.1. The van der Waals surface area contributed by atoms with Crippen molar-refractivity contribution in [2.24, 2.45) is 17.8 Å². The number of benzene rings is 1. The molecule has 1 fully saturated rings. The Morgan fingerprint density at radius 2 is 1.74 bits per heavy atom. The molecule has 1 N–H and O–H groups in total. The molecule has 1 saturated carbocycles. The standard InChI is InChI=1S/C28H40F4O3/c1-4-5-6-7-21-10-14-24(15-11-21)27(29,30)28(31,32)25-16-12-22(13-17-25)8-9-23(18-33)19-35-26(34)20(2)3/h10-11,14-15,22-23,25,33H,2,4-9,12-13,16-19H2,1,3H3. The van der Waals surface area contributed by atoms with E-state index in [-0.39, 0.29) is 43.5 Å². The molecule has 0 heterocycles. The zero-order valence-electron chi connectivity index (χ0n) is 21.0. The summed E-state index contributed by atoms with van der Waals surface area (Å²) in [6.07, 6.45) is 6.01. The van der Waals surface area contributed by atoms with Gasteiger partial charge in [-0.3, -0.25) is 0 Å². The summed E-state index contributed by atoms with van der Waals surface area (Å²) < 4.78 is 65.0. The molecule has 198 valence electrons. The summed E-state index contributed by atoms with van der Waals surface area (Å²) in [6, 6.07) is 5.38. The van der Waals surface area contributed by atoms with E-state index in [0.29, 0.717) is 25.7 Å². The molecular weight excluding hydrogens is 460 g/mol. The molecule has 0 amide bonds. The summed E-state index contributed by atoms with van der Waals surface area (Å²) >= 11 is 0. The van der Waals surface area contributed by atoms with E-state index >= 15 is 8.78 Å². The van der Waals surface area contributed by atoms with Crippen LogP contribution in [0.2, 0.25) is 0 Å². The van der Waals surface area contributed by atoms with E-state index in [4.69, 9.17) is 4.74 Å². The molecule has 1 unspecified atom stereocenters. The van der Waals surface area contributed by atoms with E-state index in [1.807, 2.05) is 0 Å². The fourth-order valence-corrected chi connectivity index (χ4v) is 4.74. The molecule has 35 heavy (non-hydrogen) atoms. The minimum atomic E-state index is -4.22. The van der Waals surface area contributed by atoms with Gasteiger partial charge in [-0.25, -0.2) is 4.79 Å². The second kappa shape index (κ2) is 13.4. The Bertz CT molecular complexity index is 799. The van der Waals surface area contributed by atoms with Gasteiger partial charge < -0.3 is 9.84 Å². The van der Waals surface area contributed by atoms with Crippen molar-refractivity contribution in [3.05, 3.63) is 47.5 Å². The van der Waals surface area contributed by atoms with Gasteiger partial charge in [0.05, 0.1) is 6.61 Å². The van der Waals surface area contributed by atoms with E-state index in [9.17, 15) is 18.7 Å². The van der Waals surface area contributed by atoms with Crippen molar-refractivity contribution in [3.63, 3.8) is 0 Å². The Kier molecular flexibility index (Phi) is 11.3. The Balaban J connectivity index is 1.88. The van der Waals surface area contributed by atoms with Gasteiger partial charge >= 0.3 is 17.8 Å². The molecule has 2 rings (SSSR count). The maximum atomic E-state index is 15.0. The number of alkyl halides is 4. The van der Waals surface area contributed by atoms with Crippen LogP contribution in [-0.2, 0) is 21.9 Å². The number of unbranched alkanes of at least 4 members (excludes halogenated alkanes) is 2. The number of hydrogen-bond acceptors (Lipinski definition) is 3. The summed E-state index contributed by atoms with van der Waals surface area (Å²) in [5.41, 5.74) is 0.539. The van der Waals surface area contributed by atoms with E-state index in [0.717, 1.165) is 43.4 Å². The third-order valence-electron chi connectivity index (χ3n) is 7.20. The number of aryl methyl sites for hydroxylation is 1. The maximum Gasteiger partial charge on any atom is 0.335 e. The van der Waals surface area contributed by atoms with Crippen LogP contribution in [0.25, 0.3) is 0 Å². The van der Waals surface area contributed by atoms with Crippen molar-refractivity contribution >= 4 is 5.97 Å². The van der Waals surface area contributed by atoms with Gasteiger partial charge in [-0.05, 0) is 69.8 Å². The normalized spacial score (nSPS) is 19.9. The highest BCUT2D eigenvalue weighted by molar-refractivity contribution is 5.86. The van der Waals surface area contributed by atoms with Crippen molar-refractivity contribution in [1.82, 2.24) is 0 Å². The van der Waals surface area contributed by atoms with Gasteiger partial charge in [0.15, 0.2) is 0 Å². The van der Waals surface area contributed by atoms with Gasteiger partial charge in [0.1, 0.15) is 0 Å². The lowest BCUT2D eigenvalue weighted by Gasteiger charge is -2.37. The molecule has 3 nitrogen and oxygen atoms in total. The van der Waals surface area contributed by atoms with E-state index < -0.39 is 29.3 Å². The molecule has 1 aliphatic carbocycles. The van der Waals surface area contributed by atoms with Gasteiger partial charge in [0, 0.05) is 29.6 Å². The van der Waals surface area contributed by atoms with Gasteiger partial charge in [0.2, 0.25) is 0 Å². The number of carbonyl (C=O) groups is 1. The van der Waals surface area contributed by atoms with Crippen LogP contribution >= 0.6 is 0 Å². The van der Waals surface area contributed by atoms with Crippen LogP contribution in [0.15, 0.2) is 36.4 Å². The summed E-state index contributed by atoms with van der Waals surface area (Å²) in [7, 11) is 0. The second-order valence-corrected chi connectivity index (χ2v) is 10.1. The lowest BCUT2D eigenvalue weighted by atomic mass is 9.74. The number of aliphatic hydroxyl groups is 1. The molecule has 0 saturated heterocycles. The van der Waals surface area contributed by atoms with Crippen LogP contribution in [0.5, 0.6) is 0 Å². The number of rotatable bonds is 14. The smallest absolute Gasteiger partial charge is 0.335 e. The van der Waals surface area contributed by atoms with Crippen LogP contribution in [0.1, 0.15) is 82.8 Å². The highest BCUT2D eigenvalue weighted by atomic mass is 19.3. The summed E-state index contributed by atoms with van der Waals surface area (Å²) in [5, 5.41) is 9.53. The number of hydrogen-bond donors (Lipinski definition) is 1. The molecule has 1 aliphatic rings. The predicted molar refractivity (Wildman–Crippen MR) is 130 cm³/mol. The first-order valence-corrected chi connectivity index (χ1v) is 12.8. The third kappa shape index (κ3) is 8.06. The van der Waals surface area contributed by atoms with Crippen LogP contribution in [0.4, 0.5) is 17.6 Å². The Labute approximate surface area is 206 Å². The van der Waals surface area contributed by atoms with Crippen molar-refractivity contribution in [1.29, 1.82) is 0 Å². The van der Waals surface area contributed by atoms with Gasteiger partial charge in [-0.1, -0.05) is 50.6 Å². The highest BCUT2D eigenvalue weighted by Crippen LogP contribution is 2.52. The maximum absolute atomic E-state index is 15.0. The average Bonchev–Trinajstić information content (AvgIpc) is 2.84. The van der Waals surface area contributed by atoms with Crippen molar-refractivity contribution in [2.45, 2.75) is 89.9 Å². The minimum absolute atomic E-state index is 0.0385. The summed E-state index contributed by atoms with van der Waals surface area (Å²) in [6.45, 7) is 7.04. The average molecular weight is 501 g/mol. The van der Waals surface area contributed by atoms with Crippen LogP contribution < -0.4 is 0 Å². The monoisotopic (exact) mass is 500 g/mol. The fourth-order valence-electron chi connectivity index (χ4n) is 4.74. The van der Waals surface area contributed by atoms with Crippen molar-refractivity contribution in [3.8, 4) is 0 Å². The lowest BCUT2D eigenvalue weighted by Crippen LogP contribution is -2.45. The number of aliphatic hydroxyl groups excluding tert-OH is 1. The molecule has 0 radical (unpaired) electrons. The first-order valence-electron chi connectivity index (χ1n) is 12.8. The molecule has 7 heteroatoms. The van der Waals surface area contributed by atoms with E-state index in [1.165, 1.54) is 19.1 Å². The van der Waals surface area contributed by atoms with Crippen molar-refractivity contribution < 1.29 is 32.2 Å². The SMILES string of the molecule is C=C(C)C(=O)OCC(CO)CCC1CCC(C(F)(F)C(F)(F)c2ccc(CCCCC)cc2)CC1. The lowest BCUT2D eigenvalue weighted by molar-refractivity contribution is -0.249. The number of ether oxygens (including phenoxy) is 1. The Morgan fingerprint density at radius 3 is 2.29 bits per heavy atom. The molecule has 0 bridgehead atoms. The predicted octanol–water partition coefficient (Wildman–Crippen LogP) is 7.46. The van der Waals surface area contributed by atoms with Crippen LogP contribution in [-0.4, -0.2) is 30.2 Å². The number of esters is 1. The first-order chi connectivity index (χ1) is 16.5. The van der Waals surface area contributed by atoms with Crippen LogP contribution in [0, 0.1) is 17.8 Å². The quantitative estimate of drug-likeness (QED) is 0.125. The fraction of sp³-hybridized carbons (Fsp3) is 0.679. The Hall–Kier alpha value is -1.89. The number of carbonyl (C=O) groups excluding carboxylic acids is 1. The molecule has 0 spiro atoms. The molecule has 1 atom stereocenters. The van der Waals surface area contributed by atoms with Gasteiger partial charge in [-0.2, -0.15) is 17.6 Å². The largest absolute Gasteiger partial charge is 0.462 e. The van der Waals surface area contributed by atoms with Gasteiger partial charge in [-0.15, -0.1) is 0 Å². The first kappa shape index (κ1) is 29.3. The topological polar surface area (TPSA) is 46.5 Å². The van der Waals surface area contributed by atoms with Crippen molar-refractivity contribution in [2.75, 3.05) is 13.2 Å². The van der Waals surface area contributed by atoms with Crippen LogP contribution in [0.3, 0.4) is 0 Å². The molecule has 1 aromatic carbocycles. The highest BCUT2D eigenvalue weighted by Gasteiger charge is 2.61. The van der Waals surface area contributed by atoms with E-state index in [1.54, 1.807) is 0 Å². The molecule has 0 aliphatic heterocycles.